The summed E-state index contributed by atoms with van der Waals surface area (Å²) in [4.78, 5) is 35.8. The summed E-state index contributed by atoms with van der Waals surface area (Å²) in [5.74, 6) is -2.36. The number of rotatable bonds is 6. The number of halogens is 3. The molecule has 1 saturated heterocycles. The van der Waals surface area contributed by atoms with E-state index in [4.69, 9.17) is 0 Å². The van der Waals surface area contributed by atoms with Crippen molar-refractivity contribution in [1.82, 2.24) is 24.4 Å². The summed E-state index contributed by atoms with van der Waals surface area (Å²) >= 11 is 1.50. The lowest BCUT2D eigenvalue weighted by Crippen LogP contribution is -2.40. The molecule has 0 unspecified atom stereocenters. The van der Waals surface area contributed by atoms with Crippen LogP contribution in [0.1, 0.15) is 29.9 Å². The van der Waals surface area contributed by atoms with E-state index in [9.17, 15) is 22.8 Å². The van der Waals surface area contributed by atoms with Crippen LogP contribution in [0.2, 0.25) is 0 Å². The second kappa shape index (κ2) is 10.4. The fraction of sp³-hybridized carbons (Fsp3) is 0.385. The molecule has 1 fully saturated rings. The van der Waals surface area contributed by atoms with Gasteiger partial charge in [0.05, 0.1) is 27.9 Å². The molecule has 0 aliphatic carbocycles. The van der Waals surface area contributed by atoms with Crippen molar-refractivity contribution in [2.75, 3.05) is 13.1 Å². The molecule has 1 aliphatic heterocycles. The summed E-state index contributed by atoms with van der Waals surface area (Å²) in [7, 11) is 1.93. The average Bonchev–Trinajstić information content (AvgIpc) is 3.20. The zero-order valence-electron chi connectivity index (χ0n) is 20.9. The molecular formula is C26H26F3N5O3S. The first-order chi connectivity index (χ1) is 18.1. The van der Waals surface area contributed by atoms with Crippen molar-refractivity contribution < 1.29 is 22.8 Å². The van der Waals surface area contributed by atoms with E-state index in [1.165, 1.54) is 17.8 Å². The minimum Gasteiger partial charge on any atom is -0.323 e. The van der Waals surface area contributed by atoms with Gasteiger partial charge < -0.3 is 4.84 Å². The molecule has 2 aromatic carbocycles. The smallest absolute Gasteiger partial charge is 0.323 e. The van der Waals surface area contributed by atoms with E-state index in [0.717, 1.165) is 49.1 Å². The van der Waals surface area contributed by atoms with Gasteiger partial charge in [-0.25, -0.2) is 9.78 Å². The topological polar surface area (TPSA) is 82.3 Å². The van der Waals surface area contributed by atoms with E-state index < -0.39 is 17.7 Å². The predicted molar refractivity (Wildman–Crippen MR) is 139 cm³/mol. The number of piperidine rings is 1. The van der Waals surface area contributed by atoms with Crippen LogP contribution in [-0.2, 0) is 24.1 Å². The van der Waals surface area contributed by atoms with Gasteiger partial charge in [-0.05, 0) is 50.6 Å². The maximum absolute atomic E-state index is 13.0. The van der Waals surface area contributed by atoms with Crippen LogP contribution >= 0.6 is 11.8 Å². The van der Waals surface area contributed by atoms with Crippen LogP contribution in [-0.4, -0.2) is 54.9 Å². The monoisotopic (exact) mass is 545 g/mol. The number of carbonyl (C=O) groups excluding carboxylic acids is 1. The van der Waals surface area contributed by atoms with Crippen LogP contribution in [0.4, 0.5) is 13.2 Å². The van der Waals surface area contributed by atoms with E-state index in [1.807, 2.05) is 29.9 Å². The maximum atomic E-state index is 13.0. The standard InChI is InChI=1S/C26H26F3N5O3S/c1-16-6-5-8-19-23(16)30-22(34(24(19)35)37-25(36)26(27,28)29)15-38-17-10-12-33(13-11-17)14-20-18-7-3-4-9-21(18)32(2)31-20/h3-9,17H,10-15H2,1-2H3. The molecule has 8 nitrogen and oxygen atoms in total. The molecule has 5 rings (SSSR count). The average molecular weight is 546 g/mol. The number of hydrogen-bond acceptors (Lipinski definition) is 7. The molecule has 4 aromatic rings. The molecule has 0 bridgehead atoms. The van der Waals surface area contributed by atoms with Gasteiger partial charge in [0.2, 0.25) is 0 Å². The summed E-state index contributed by atoms with van der Waals surface area (Å²) in [6.07, 6.45) is -3.53. The molecule has 0 spiro atoms. The molecule has 0 saturated carbocycles. The first-order valence-electron chi connectivity index (χ1n) is 12.2. The molecule has 38 heavy (non-hydrogen) atoms. The predicted octanol–water partition coefficient (Wildman–Crippen LogP) is 4.01. The Hall–Kier alpha value is -3.38. The van der Waals surface area contributed by atoms with E-state index in [1.54, 1.807) is 19.1 Å². The molecule has 200 valence electrons. The van der Waals surface area contributed by atoms with Gasteiger partial charge in [-0.15, -0.1) is 4.73 Å². The Kier molecular flexibility index (Phi) is 7.19. The second-order valence-corrected chi connectivity index (χ2v) is 10.6. The van der Waals surface area contributed by atoms with Crippen LogP contribution < -0.4 is 10.4 Å². The zero-order chi connectivity index (χ0) is 27.0. The van der Waals surface area contributed by atoms with Gasteiger partial charge in [-0.3, -0.25) is 14.4 Å². The van der Waals surface area contributed by atoms with Gasteiger partial charge in [-0.1, -0.05) is 30.3 Å². The number of para-hydroxylation sites is 2. The summed E-state index contributed by atoms with van der Waals surface area (Å²) in [6, 6.07) is 12.9. The van der Waals surface area contributed by atoms with Crippen LogP contribution in [0, 0.1) is 6.92 Å². The molecule has 0 amide bonds. The second-order valence-electron chi connectivity index (χ2n) is 9.35. The highest BCUT2D eigenvalue weighted by molar-refractivity contribution is 7.99. The number of hydrogen-bond donors (Lipinski definition) is 0. The minimum absolute atomic E-state index is 0.0261. The molecule has 3 heterocycles. The number of carbonyl (C=O) groups is 1. The van der Waals surface area contributed by atoms with Gasteiger partial charge in [0.25, 0.3) is 5.56 Å². The lowest BCUT2D eigenvalue weighted by Gasteiger charge is -2.31. The molecule has 0 N–H and O–H groups in total. The largest absolute Gasteiger partial charge is 0.493 e. The molecule has 2 aromatic heterocycles. The zero-order valence-corrected chi connectivity index (χ0v) is 21.7. The van der Waals surface area contributed by atoms with Crippen molar-refractivity contribution >= 4 is 39.5 Å². The first-order valence-corrected chi connectivity index (χ1v) is 13.2. The summed E-state index contributed by atoms with van der Waals surface area (Å²) in [5.41, 5.74) is 2.35. The van der Waals surface area contributed by atoms with Crippen LogP contribution in [0.5, 0.6) is 0 Å². The number of likely N-dealkylation sites (tertiary alicyclic amines) is 1. The van der Waals surface area contributed by atoms with Crippen molar-refractivity contribution in [2.45, 2.75) is 43.5 Å². The molecular weight excluding hydrogens is 519 g/mol. The molecule has 0 radical (unpaired) electrons. The van der Waals surface area contributed by atoms with E-state index in [2.05, 4.69) is 25.9 Å². The van der Waals surface area contributed by atoms with Gasteiger partial charge in [0.15, 0.2) is 5.82 Å². The fourth-order valence-corrected chi connectivity index (χ4v) is 5.86. The van der Waals surface area contributed by atoms with Gasteiger partial charge >= 0.3 is 12.1 Å². The SMILES string of the molecule is Cc1cccc2c(=O)n(OC(=O)C(F)(F)F)c(CSC3CCN(Cc4nn(C)c5ccccc45)CC3)nc12. The number of aromatic nitrogens is 4. The third-order valence-corrected chi connectivity index (χ3v) is 8.09. The maximum Gasteiger partial charge on any atom is 0.493 e. The number of aryl methyl sites for hydroxylation is 2. The quantitative estimate of drug-likeness (QED) is 0.362. The molecule has 1 aliphatic rings. The highest BCUT2D eigenvalue weighted by atomic mass is 32.2. The van der Waals surface area contributed by atoms with Crippen molar-refractivity contribution in [3.05, 3.63) is 69.9 Å². The van der Waals surface area contributed by atoms with Gasteiger partial charge in [0, 0.05) is 24.2 Å². The number of fused-ring (bicyclic) bond motifs is 2. The Labute approximate surface area is 220 Å². The van der Waals surface area contributed by atoms with Gasteiger partial charge in [0.1, 0.15) is 0 Å². The van der Waals surface area contributed by atoms with Crippen molar-refractivity contribution in [3.8, 4) is 0 Å². The summed E-state index contributed by atoms with van der Waals surface area (Å²) in [6.45, 7) is 4.17. The summed E-state index contributed by atoms with van der Waals surface area (Å²) in [5, 5.41) is 6.11. The number of thioether (sulfide) groups is 1. The van der Waals surface area contributed by atoms with Crippen molar-refractivity contribution in [2.24, 2.45) is 7.05 Å². The third-order valence-electron chi connectivity index (χ3n) is 6.72. The molecule has 12 heteroatoms. The van der Waals surface area contributed by atoms with Crippen molar-refractivity contribution in [3.63, 3.8) is 0 Å². The number of nitrogens with zero attached hydrogens (tertiary/aromatic N) is 5. The molecule has 0 atom stereocenters. The van der Waals surface area contributed by atoms with E-state index in [0.29, 0.717) is 15.8 Å². The van der Waals surface area contributed by atoms with E-state index in [-0.39, 0.29) is 22.2 Å². The fourth-order valence-electron chi connectivity index (χ4n) is 4.74. The highest BCUT2D eigenvalue weighted by Gasteiger charge is 2.42. The van der Waals surface area contributed by atoms with E-state index >= 15 is 0 Å². The third kappa shape index (κ3) is 5.28. The Morgan fingerprint density at radius 3 is 2.55 bits per heavy atom. The van der Waals surface area contributed by atoms with Crippen LogP contribution in [0.25, 0.3) is 21.8 Å². The highest BCUT2D eigenvalue weighted by Crippen LogP contribution is 2.28. The number of benzene rings is 2. The Balaban J connectivity index is 1.28. The van der Waals surface area contributed by atoms with Gasteiger partial charge in [-0.2, -0.15) is 30.0 Å². The normalized spacial score (nSPS) is 15.4. The van der Waals surface area contributed by atoms with Crippen LogP contribution in [0.3, 0.4) is 0 Å². The lowest BCUT2D eigenvalue weighted by molar-refractivity contribution is -0.200. The summed E-state index contributed by atoms with van der Waals surface area (Å²) < 4.78 is 41.0. The minimum atomic E-state index is -5.24. The Bertz CT molecular complexity index is 1560. The Morgan fingerprint density at radius 2 is 1.82 bits per heavy atom. The van der Waals surface area contributed by atoms with Crippen molar-refractivity contribution in [1.29, 1.82) is 0 Å². The van der Waals surface area contributed by atoms with Crippen LogP contribution in [0.15, 0.2) is 47.3 Å². The number of alkyl halides is 3. The Morgan fingerprint density at radius 1 is 1.11 bits per heavy atom. The lowest BCUT2D eigenvalue weighted by atomic mass is 10.1. The first kappa shape index (κ1) is 26.2.